The molecule has 0 bridgehead atoms. The van der Waals surface area contributed by atoms with Crippen molar-refractivity contribution in [1.82, 2.24) is 5.32 Å². The van der Waals surface area contributed by atoms with Crippen LogP contribution in [0.2, 0.25) is 0 Å². The Morgan fingerprint density at radius 1 is 1.22 bits per heavy atom. The van der Waals surface area contributed by atoms with Crippen LogP contribution >= 0.6 is 0 Å². The molecule has 0 saturated heterocycles. The number of carbonyl (C=O) groups is 2. The van der Waals surface area contributed by atoms with E-state index in [1.807, 2.05) is 13.8 Å². The molecule has 0 saturated carbocycles. The summed E-state index contributed by atoms with van der Waals surface area (Å²) in [4.78, 5) is 23.7. The zero-order chi connectivity index (χ0) is 17.7. The van der Waals surface area contributed by atoms with Gasteiger partial charge in [0.05, 0.1) is 12.1 Å². The molecular weight excluding hydrogens is 318 g/mol. The lowest BCUT2D eigenvalue weighted by Crippen LogP contribution is -2.48. The Kier molecular flexibility index (Phi) is 6.28. The van der Waals surface area contributed by atoms with Gasteiger partial charge in [0, 0.05) is 40.6 Å². The van der Waals surface area contributed by atoms with Crippen LogP contribution in [0, 0.1) is 0 Å². The minimum Gasteiger partial charge on any atom is -0.382 e. The summed E-state index contributed by atoms with van der Waals surface area (Å²) in [6.07, 6.45) is 2.79. The van der Waals surface area contributed by atoms with Crippen LogP contribution in [0.5, 0.6) is 0 Å². The second kappa shape index (κ2) is 7.56. The molecule has 1 aromatic carbocycles. The lowest BCUT2D eigenvalue weighted by molar-refractivity contribution is 0.100. The largest absolute Gasteiger partial charge is 0.382 e. The van der Waals surface area contributed by atoms with Crippen molar-refractivity contribution < 1.29 is 18.5 Å². The zero-order valence-corrected chi connectivity index (χ0v) is 14.8. The van der Waals surface area contributed by atoms with Crippen LogP contribution in [0.4, 0.5) is 10.5 Å². The summed E-state index contributed by atoms with van der Waals surface area (Å²) >= 11 is 0. The minimum atomic E-state index is -2.49. The monoisotopic (exact) mass is 341 g/mol. The number of carbonyl (C=O) groups excluding carboxylic acids is 2. The highest BCUT2D eigenvalue weighted by Gasteiger charge is 2.20. The number of benzene rings is 1. The van der Waals surface area contributed by atoms with Crippen molar-refractivity contribution in [1.29, 1.82) is 0 Å². The summed E-state index contributed by atoms with van der Waals surface area (Å²) in [5, 5.41) is 5.44. The quantitative estimate of drug-likeness (QED) is 0.857. The molecular formula is C15H23N3O4S. The summed E-state index contributed by atoms with van der Waals surface area (Å²) in [5.41, 5.74) is 0.337. The number of nitrogens with one attached hydrogen (secondary N) is 2. The average molecular weight is 341 g/mol. The number of ether oxygens (including phenoxy) is 1. The molecule has 7 nitrogen and oxygen atoms in total. The third-order valence-electron chi connectivity index (χ3n) is 2.65. The van der Waals surface area contributed by atoms with Crippen molar-refractivity contribution in [2.75, 3.05) is 31.5 Å². The van der Waals surface area contributed by atoms with Gasteiger partial charge in [-0.1, -0.05) is 0 Å². The fraction of sp³-hybridized carbons (Fsp3) is 0.467. The number of amides is 3. The van der Waals surface area contributed by atoms with Gasteiger partial charge in [0.1, 0.15) is 0 Å². The van der Waals surface area contributed by atoms with Crippen LogP contribution in [0.3, 0.4) is 0 Å². The molecule has 1 rings (SSSR count). The molecule has 0 spiro atoms. The lowest BCUT2D eigenvalue weighted by Gasteiger charge is -2.25. The van der Waals surface area contributed by atoms with Gasteiger partial charge in [-0.3, -0.25) is 4.79 Å². The van der Waals surface area contributed by atoms with Crippen molar-refractivity contribution >= 4 is 27.4 Å². The molecule has 0 radical (unpaired) electrons. The molecule has 0 fully saturated rings. The van der Waals surface area contributed by atoms with Gasteiger partial charge in [-0.25, -0.2) is 9.00 Å². The van der Waals surface area contributed by atoms with Crippen LogP contribution in [0.1, 0.15) is 24.2 Å². The molecule has 128 valence electrons. The third-order valence-corrected chi connectivity index (χ3v) is 3.26. The summed E-state index contributed by atoms with van der Waals surface area (Å²) < 4.78 is 20.1. The predicted octanol–water partition coefficient (Wildman–Crippen LogP) is 2.10. The van der Waals surface area contributed by atoms with E-state index in [-0.39, 0.29) is 6.03 Å². The van der Waals surface area contributed by atoms with Crippen molar-refractivity contribution in [2.24, 2.45) is 4.36 Å². The number of rotatable bonds is 5. The number of nitrogens with zero attached hydrogens (tertiary/aromatic N) is 1. The molecule has 0 aliphatic rings. The molecule has 8 heteroatoms. The molecule has 0 aliphatic heterocycles. The highest BCUT2D eigenvalue weighted by Crippen LogP contribution is 2.12. The standard InChI is InChI=1S/C15H23N3O4S/c1-15(2,10-22-3)17-14(20)16-12-8-6-11(7-9-12)13(19)18-23(4,5)21/h6-9H,10H2,1-5H3,(H2,16,17,20). The summed E-state index contributed by atoms with van der Waals surface area (Å²) in [7, 11) is -0.930. The van der Waals surface area contributed by atoms with E-state index in [0.29, 0.717) is 17.9 Å². The molecule has 23 heavy (non-hydrogen) atoms. The molecule has 0 atom stereocenters. The Hall–Kier alpha value is -1.93. The van der Waals surface area contributed by atoms with E-state index in [4.69, 9.17) is 4.74 Å². The smallest absolute Gasteiger partial charge is 0.319 e. The lowest BCUT2D eigenvalue weighted by atomic mass is 10.1. The fourth-order valence-corrected chi connectivity index (χ4v) is 2.32. The van der Waals surface area contributed by atoms with Gasteiger partial charge in [0.2, 0.25) is 0 Å². The van der Waals surface area contributed by atoms with Crippen LogP contribution in [0.25, 0.3) is 0 Å². The van der Waals surface area contributed by atoms with E-state index in [1.165, 1.54) is 24.6 Å². The Morgan fingerprint density at radius 2 is 1.78 bits per heavy atom. The summed E-state index contributed by atoms with van der Waals surface area (Å²) in [6.45, 7) is 4.06. The topological polar surface area (TPSA) is 96.9 Å². The van der Waals surface area contributed by atoms with Crippen LogP contribution < -0.4 is 10.6 Å². The fourth-order valence-electron chi connectivity index (χ4n) is 1.82. The summed E-state index contributed by atoms with van der Waals surface area (Å²) in [5.74, 6) is -0.544. The zero-order valence-electron chi connectivity index (χ0n) is 14.0. The first-order valence-corrected chi connectivity index (χ1v) is 9.25. The van der Waals surface area contributed by atoms with E-state index < -0.39 is 21.2 Å². The van der Waals surface area contributed by atoms with E-state index >= 15 is 0 Å². The molecule has 0 heterocycles. The van der Waals surface area contributed by atoms with Gasteiger partial charge >= 0.3 is 6.03 Å². The number of methoxy groups -OCH3 is 1. The number of urea groups is 1. The summed E-state index contributed by atoms with van der Waals surface area (Å²) in [6, 6.07) is 5.83. The first kappa shape index (κ1) is 19.1. The van der Waals surface area contributed by atoms with Crippen LogP contribution in [-0.4, -0.2) is 47.9 Å². The Labute approximate surface area is 137 Å². The van der Waals surface area contributed by atoms with E-state index in [9.17, 15) is 13.8 Å². The van der Waals surface area contributed by atoms with E-state index in [0.717, 1.165) is 0 Å². The first-order chi connectivity index (χ1) is 10.5. The maximum absolute atomic E-state index is 11.9. The SMILES string of the molecule is COCC(C)(C)NC(=O)Nc1ccc(C(=O)N=S(C)(C)=O)cc1. The number of hydrogen-bond donors (Lipinski definition) is 2. The second-order valence-electron chi connectivity index (χ2n) is 6.05. The van der Waals surface area contributed by atoms with E-state index in [1.54, 1.807) is 19.2 Å². The van der Waals surface area contributed by atoms with Gasteiger partial charge in [-0.2, -0.15) is 4.36 Å². The van der Waals surface area contributed by atoms with Gasteiger partial charge in [-0.15, -0.1) is 0 Å². The Morgan fingerprint density at radius 3 is 2.26 bits per heavy atom. The first-order valence-electron chi connectivity index (χ1n) is 6.92. The van der Waals surface area contributed by atoms with Crippen molar-refractivity contribution in [3.63, 3.8) is 0 Å². The van der Waals surface area contributed by atoms with Crippen LogP contribution in [0.15, 0.2) is 28.6 Å². The van der Waals surface area contributed by atoms with Gasteiger partial charge in [0.25, 0.3) is 5.91 Å². The number of anilines is 1. The van der Waals surface area contributed by atoms with Gasteiger partial charge in [0.15, 0.2) is 0 Å². The Bertz CT molecular complexity index is 681. The maximum atomic E-state index is 11.9. The maximum Gasteiger partial charge on any atom is 0.319 e. The molecule has 0 aromatic heterocycles. The molecule has 1 aromatic rings. The Balaban J connectivity index is 2.73. The average Bonchev–Trinajstić information content (AvgIpc) is 2.36. The van der Waals surface area contributed by atoms with E-state index in [2.05, 4.69) is 15.0 Å². The van der Waals surface area contributed by atoms with Crippen molar-refractivity contribution in [3.8, 4) is 0 Å². The third kappa shape index (κ3) is 7.25. The normalized spacial score (nSPS) is 11.7. The van der Waals surface area contributed by atoms with Gasteiger partial charge < -0.3 is 15.4 Å². The van der Waals surface area contributed by atoms with Crippen LogP contribution in [-0.2, 0) is 14.5 Å². The minimum absolute atomic E-state index is 0.312. The highest BCUT2D eigenvalue weighted by atomic mass is 32.2. The number of hydrogen-bond acceptors (Lipinski definition) is 4. The second-order valence-corrected chi connectivity index (χ2v) is 8.60. The van der Waals surface area contributed by atoms with Crippen molar-refractivity contribution in [2.45, 2.75) is 19.4 Å². The van der Waals surface area contributed by atoms with Gasteiger partial charge in [-0.05, 0) is 38.1 Å². The molecule has 0 aliphatic carbocycles. The van der Waals surface area contributed by atoms with Crippen molar-refractivity contribution in [3.05, 3.63) is 29.8 Å². The highest BCUT2D eigenvalue weighted by molar-refractivity contribution is 7.92. The molecule has 0 unspecified atom stereocenters. The predicted molar refractivity (Wildman–Crippen MR) is 91.3 cm³/mol. The molecule has 2 N–H and O–H groups in total. The molecule has 3 amide bonds.